The van der Waals surface area contributed by atoms with Gasteiger partial charge in [-0.2, -0.15) is 0 Å². The van der Waals surface area contributed by atoms with Gasteiger partial charge in [0.2, 0.25) is 0 Å². The highest BCUT2D eigenvalue weighted by Crippen LogP contribution is 2.14. The van der Waals surface area contributed by atoms with E-state index in [0.29, 0.717) is 6.42 Å². The molecule has 0 aromatic heterocycles. The Morgan fingerprint density at radius 3 is 2.71 bits per heavy atom. The zero-order valence-corrected chi connectivity index (χ0v) is 9.37. The van der Waals surface area contributed by atoms with Gasteiger partial charge in [-0.15, -0.1) is 11.8 Å². The average molecular weight is 223 g/mol. The third-order valence-electron chi connectivity index (χ3n) is 1.67. The van der Waals surface area contributed by atoms with Crippen LogP contribution in [0, 0.1) is 0 Å². The van der Waals surface area contributed by atoms with Crippen LogP contribution in [-0.4, -0.2) is 16.2 Å². The third kappa shape index (κ3) is 4.03. The molecule has 0 bridgehead atoms. The van der Waals surface area contributed by atoms with Gasteiger partial charge in [-0.25, -0.2) is 0 Å². The van der Waals surface area contributed by atoms with Crippen LogP contribution in [0.3, 0.4) is 0 Å². The number of thioether (sulfide) groups is 1. The van der Waals surface area contributed by atoms with Crippen LogP contribution in [0.25, 0.3) is 0 Å². The summed E-state index contributed by atoms with van der Waals surface area (Å²) in [5.74, 6) is 0.892. The van der Waals surface area contributed by atoms with E-state index in [4.69, 9.17) is 12.2 Å². The fraction of sp³-hybridized carbons (Fsp3) is 0.273. The number of benzene rings is 1. The van der Waals surface area contributed by atoms with Crippen molar-refractivity contribution in [2.45, 2.75) is 12.8 Å². The molecule has 3 heteroatoms. The summed E-state index contributed by atoms with van der Waals surface area (Å²) in [5, 5.41) is 0. The van der Waals surface area contributed by atoms with Crippen LogP contribution < -0.4 is 0 Å². The molecule has 0 unspecified atom stereocenters. The Bertz CT molecular complexity index is 295. The fourth-order valence-electron chi connectivity index (χ4n) is 0.967. The fourth-order valence-corrected chi connectivity index (χ4v) is 2.13. The summed E-state index contributed by atoms with van der Waals surface area (Å²) in [6.45, 7) is 0. The maximum Gasteiger partial charge on any atom is 0.198 e. The third-order valence-corrected chi connectivity index (χ3v) is 3.25. The molecule has 1 aromatic rings. The van der Waals surface area contributed by atoms with E-state index in [2.05, 4.69) is 0 Å². The Morgan fingerprint density at radius 2 is 2.07 bits per heavy atom. The van der Waals surface area contributed by atoms with E-state index >= 15 is 0 Å². The van der Waals surface area contributed by atoms with Gasteiger partial charge in [0.15, 0.2) is 6.29 Å². The van der Waals surface area contributed by atoms with Crippen LogP contribution in [0.1, 0.15) is 18.4 Å². The van der Waals surface area contributed by atoms with Crippen molar-refractivity contribution in [3.05, 3.63) is 35.9 Å². The molecule has 0 spiro atoms. The molecule has 0 aliphatic rings. The van der Waals surface area contributed by atoms with Gasteiger partial charge in [0.1, 0.15) is 0 Å². The second-order valence-electron chi connectivity index (χ2n) is 2.75. The van der Waals surface area contributed by atoms with Gasteiger partial charge in [0.05, 0.1) is 4.20 Å². The maximum absolute atomic E-state index is 9.95. The van der Waals surface area contributed by atoms with Crippen LogP contribution >= 0.6 is 24.0 Å². The molecule has 0 atom stereocenters. The molecule has 0 fully saturated rings. The standard InChI is InChI=1S/C11H11OS2/c12-8-4-5-9-14-11(13)10-6-2-1-3-7-10/h1-3,6-7H,4-5,9H2. The molecule has 0 saturated heterocycles. The normalized spacial score (nSPS) is 9.71. The first-order chi connectivity index (χ1) is 6.84. The lowest BCUT2D eigenvalue weighted by atomic mass is 10.2. The van der Waals surface area contributed by atoms with E-state index in [0.717, 1.165) is 21.9 Å². The first-order valence-electron chi connectivity index (χ1n) is 4.42. The Kier molecular flexibility index (Phi) is 5.49. The zero-order valence-electron chi connectivity index (χ0n) is 7.73. The molecule has 1 nitrogen and oxygen atoms in total. The topological polar surface area (TPSA) is 17.1 Å². The van der Waals surface area contributed by atoms with Crippen molar-refractivity contribution in [1.29, 1.82) is 0 Å². The number of hydrogen-bond acceptors (Lipinski definition) is 3. The lowest BCUT2D eigenvalue weighted by Gasteiger charge is -2.01. The Balaban J connectivity index is 2.32. The quantitative estimate of drug-likeness (QED) is 0.564. The molecule has 73 valence electrons. The van der Waals surface area contributed by atoms with Crippen LogP contribution in [0.2, 0.25) is 0 Å². The molecular formula is C11H11OS2. The summed E-state index contributed by atoms with van der Waals surface area (Å²) < 4.78 is 0.900. The van der Waals surface area contributed by atoms with Crippen molar-refractivity contribution in [3.63, 3.8) is 0 Å². The summed E-state index contributed by atoms with van der Waals surface area (Å²) in [5.41, 5.74) is 1.09. The lowest BCUT2D eigenvalue weighted by Crippen LogP contribution is -1.93. The van der Waals surface area contributed by atoms with Crippen LogP contribution in [0.15, 0.2) is 30.3 Å². The minimum absolute atomic E-state index is 0.504. The van der Waals surface area contributed by atoms with Crippen molar-refractivity contribution < 1.29 is 4.79 Å². The van der Waals surface area contributed by atoms with E-state index in [1.54, 1.807) is 11.8 Å². The maximum atomic E-state index is 9.95. The van der Waals surface area contributed by atoms with E-state index < -0.39 is 0 Å². The molecule has 0 saturated carbocycles. The number of hydrogen-bond donors (Lipinski definition) is 0. The monoisotopic (exact) mass is 223 g/mol. The summed E-state index contributed by atoms with van der Waals surface area (Å²) >= 11 is 6.86. The molecule has 1 aromatic carbocycles. The molecule has 0 aliphatic carbocycles. The van der Waals surface area contributed by atoms with E-state index in [9.17, 15) is 4.79 Å². The number of unbranched alkanes of at least 4 members (excludes halogenated alkanes) is 1. The first kappa shape index (κ1) is 11.4. The van der Waals surface area contributed by atoms with Gasteiger partial charge in [-0.3, -0.25) is 4.79 Å². The van der Waals surface area contributed by atoms with Crippen molar-refractivity contribution in [1.82, 2.24) is 0 Å². The summed E-state index contributed by atoms with van der Waals surface area (Å²) in [7, 11) is 0. The highest BCUT2D eigenvalue weighted by atomic mass is 32.2. The van der Waals surface area contributed by atoms with Crippen LogP contribution in [0.4, 0.5) is 0 Å². The van der Waals surface area contributed by atoms with Gasteiger partial charge in [-0.1, -0.05) is 42.5 Å². The van der Waals surface area contributed by atoms with Gasteiger partial charge in [0, 0.05) is 6.42 Å². The van der Waals surface area contributed by atoms with Crippen molar-refractivity contribution in [3.8, 4) is 0 Å². The Morgan fingerprint density at radius 1 is 1.36 bits per heavy atom. The van der Waals surface area contributed by atoms with Crippen molar-refractivity contribution >= 4 is 34.5 Å². The number of thiocarbonyl (C=S) groups is 1. The van der Waals surface area contributed by atoms with Gasteiger partial charge >= 0.3 is 0 Å². The lowest BCUT2D eigenvalue weighted by molar-refractivity contribution is 0.550. The minimum Gasteiger partial charge on any atom is -0.291 e. The predicted molar refractivity (Wildman–Crippen MR) is 65.5 cm³/mol. The predicted octanol–water partition coefficient (Wildman–Crippen LogP) is 2.99. The molecule has 1 radical (unpaired) electrons. The average Bonchev–Trinajstić information content (AvgIpc) is 2.25. The molecule has 1 rings (SSSR count). The Labute approximate surface area is 93.9 Å². The minimum atomic E-state index is 0.504. The highest BCUT2D eigenvalue weighted by molar-refractivity contribution is 8.23. The summed E-state index contributed by atoms with van der Waals surface area (Å²) in [4.78, 5) is 9.95. The SMILES string of the molecule is O=[C]CCCSC(=S)c1ccccc1. The number of carbonyl (C=O) groups excluding carboxylic acids is 1. The van der Waals surface area contributed by atoms with Crippen molar-refractivity contribution in [2.24, 2.45) is 0 Å². The largest absolute Gasteiger partial charge is 0.291 e. The molecular weight excluding hydrogens is 212 g/mol. The zero-order chi connectivity index (χ0) is 10.2. The van der Waals surface area contributed by atoms with E-state index in [1.165, 1.54) is 0 Å². The number of rotatable bonds is 5. The highest BCUT2D eigenvalue weighted by Gasteiger charge is 2.00. The molecule has 0 aliphatic heterocycles. The first-order valence-corrected chi connectivity index (χ1v) is 5.81. The summed E-state index contributed by atoms with van der Waals surface area (Å²) in [6.07, 6.45) is 3.23. The van der Waals surface area contributed by atoms with Gasteiger partial charge in [0.25, 0.3) is 0 Å². The molecule has 0 amide bonds. The molecule has 0 heterocycles. The van der Waals surface area contributed by atoms with Gasteiger partial charge in [-0.05, 0) is 17.7 Å². The van der Waals surface area contributed by atoms with E-state index in [-0.39, 0.29) is 0 Å². The van der Waals surface area contributed by atoms with Crippen molar-refractivity contribution in [2.75, 3.05) is 5.75 Å². The molecule has 0 N–H and O–H groups in total. The van der Waals surface area contributed by atoms with E-state index in [1.807, 2.05) is 36.6 Å². The second-order valence-corrected chi connectivity index (χ2v) is 4.52. The van der Waals surface area contributed by atoms with Crippen LogP contribution in [0.5, 0.6) is 0 Å². The van der Waals surface area contributed by atoms with Gasteiger partial charge < -0.3 is 0 Å². The Hall–Kier alpha value is -0.670. The smallest absolute Gasteiger partial charge is 0.198 e. The summed E-state index contributed by atoms with van der Waals surface area (Å²) in [6, 6.07) is 9.92. The second kappa shape index (κ2) is 6.74. The molecule has 14 heavy (non-hydrogen) atoms. The van der Waals surface area contributed by atoms with Crippen LogP contribution in [-0.2, 0) is 4.79 Å².